The summed E-state index contributed by atoms with van der Waals surface area (Å²) in [5.74, 6) is -0.952. The summed E-state index contributed by atoms with van der Waals surface area (Å²) in [7, 11) is 0. The minimum atomic E-state index is -4.97. The molecule has 0 spiro atoms. The molecule has 0 radical (unpaired) electrons. The van der Waals surface area contributed by atoms with Gasteiger partial charge in [-0.1, -0.05) is 13.0 Å². The summed E-state index contributed by atoms with van der Waals surface area (Å²) < 4.78 is 70.1. The van der Waals surface area contributed by atoms with E-state index in [4.69, 9.17) is 0 Å². The molecule has 4 aromatic rings. The second-order valence-electron chi connectivity index (χ2n) is 8.00. The summed E-state index contributed by atoms with van der Waals surface area (Å²) in [6, 6.07) is 9.94. The van der Waals surface area contributed by atoms with Gasteiger partial charge in [0.15, 0.2) is 0 Å². The summed E-state index contributed by atoms with van der Waals surface area (Å²) in [6.07, 6.45) is -3.30. The molecular formula is C26H18F5N3OS2. The van der Waals surface area contributed by atoms with Gasteiger partial charge in [-0.2, -0.15) is 18.4 Å². The molecule has 3 heterocycles. The molecule has 1 aromatic carbocycles. The first-order valence-electron chi connectivity index (χ1n) is 10.9. The predicted octanol–water partition coefficient (Wildman–Crippen LogP) is 7.28. The molecule has 190 valence electrons. The van der Waals surface area contributed by atoms with Crippen LogP contribution < -0.4 is 5.56 Å². The van der Waals surface area contributed by atoms with Gasteiger partial charge < -0.3 is 4.57 Å². The zero-order valence-corrected chi connectivity index (χ0v) is 21.1. The maximum atomic E-state index is 14.4. The standard InChI is InChI=1S/C26H18F5N3OS2/c1-3-36-24-14(2)8-16(12-33-24)22-6-7-23(37-22)21-10-19(26(29,30)31)18(11-32)25(35)34(21)13-15-4-5-17(27)9-20(15)28/h4-10,12H,3,13H2,1-2H3. The first-order valence-corrected chi connectivity index (χ1v) is 12.7. The Labute approximate surface area is 217 Å². The molecule has 4 rings (SSSR count). The molecule has 0 aliphatic rings. The highest BCUT2D eigenvalue weighted by Crippen LogP contribution is 2.38. The first-order chi connectivity index (χ1) is 17.5. The van der Waals surface area contributed by atoms with Crippen molar-refractivity contribution in [2.45, 2.75) is 31.6 Å². The number of nitriles is 1. The maximum Gasteiger partial charge on any atom is 0.417 e. The molecule has 0 saturated heterocycles. The van der Waals surface area contributed by atoms with E-state index in [-0.39, 0.29) is 11.3 Å². The molecule has 0 aliphatic heterocycles. The molecule has 0 atom stereocenters. The highest BCUT2D eigenvalue weighted by Gasteiger charge is 2.36. The monoisotopic (exact) mass is 547 g/mol. The van der Waals surface area contributed by atoms with Crippen LogP contribution in [0.3, 0.4) is 0 Å². The van der Waals surface area contributed by atoms with Crippen molar-refractivity contribution in [2.24, 2.45) is 0 Å². The van der Waals surface area contributed by atoms with Gasteiger partial charge in [0.2, 0.25) is 0 Å². The number of halogens is 5. The number of nitrogens with zero attached hydrogens (tertiary/aromatic N) is 3. The molecule has 0 unspecified atom stereocenters. The quantitative estimate of drug-likeness (QED) is 0.188. The third-order valence-corrected chi connectivity index (χ3v) is 7.66. The Morgan fingerprint density at radius 1 is 1.11 bits per heavy atom. The van der Waals surface area contributed by atoms with Crippen molar-refractivity contribution < 1.29 is 22.0 Å². The molecule has 3 aromatic heterocycles. The van der Waals surface area contributed by atoms with E-state index in [2.05, 4.69) is 4.98 Å². The summed E-state index contributed by atoms with van der Waals surface area (Å²) in [6.45, 7) is 3.42. The van der Waals surface area contributed by atoms with Crippen molar-refractivity contribution in [1.82, 2.24) is 9.55 Å². The number of benzene rings is 1. The van der Waals surface area contributed by atoms with Gasteiger partial charge in [-0.25, -0.2) is 13.8 Å². The number of hydrogen-bond donors (Lipinski definition) is 0. The predicted molar refractivity (Wildman–Crippen MR) is 134 cm³/mol. The highest BCUT2D eigenvalue weighted by atomic mass is 32.2. The normalized spacial score (nSPS) is 11.5. The second kappa shape index (κ2) is 10.5. The Kier molecular flexibility index (Phi) is 7.52. The van der Waals surface area contributed by atoms with E-state index in [1.807, 2.05) is 19.9 Å². The number of rotatable bonds is 6. The molecule has 11 heteroatoms. The lowest BCUT2D eigenvalue weighted by atomic mass is 10.1. The highest BCUT2D eigenvalue weighted by molar-refractivity contribution is 7.99. The number of pyridine rings is 2. The molecule has 0 fully saturated rings. The van der Waals surface area contributed by atoms with Gasteiger partial charge in [-0.3, -0.25) is 4.79 Å². The largest absolute Gasteiger partial charge is 0.417 e. The molecular weight excluding hydrogens is 529 g/mol. The Morgan fingerprint density at radius 3 is 2.46 bits per heavy atom. The van der Waals surface area contributed by atoms with Crippen LogP contribution in [0.15, 0.2) is 58.5 Å². The molecule has 37 heavy (non-hydrogen) atoms. The summed E-state index contributed by atoms with van der Waals surface area (Å²) in [5, 5.41) is 10.2. The van der Waals surface area contributed by atoms with Crippen molar-refractivity contribution in [3.63, 3.8) is 0 Å². The van der Waals surface area contributed by atoms with Crippen LogP contribution in [0.4, 0.5) is 22.0 Å². The van der Waals surface area contributed by atoms with Gasteiger partial charge in [-0.05, 0) is 48.6 Å². The zero-order chi connectivity index (χ0) is 26.9. The summed E-state index contributed by atoms with van der Waals surface area (Å²) in [4.78, 5) is 18.6. The third-order valence-electron chi connectivity index (χ3n) is 5.52. The van der Waals surface area contributed by atoms with Crippen LogP contribution in [0.5, 0.6) is 0 Å². The fourth-order valence-corrected chi connectivity index (χ4v) is 5.47. The minimum Gasteiger partial charge on any atom is -0.302 e. The minimum absolute atomic E-state index is 0.117. The van der Waals surface area contributed by atoms with Crippen LogP contribution in [-0.4, -0.2) is 15.3 Å². The topological polar surface area (TPSA) is 58.7 Å². The van der Waals surface area contributed by atoms with Gasteiger partial charge >= 0.3 is 6.18 Å². The van der Waals surface area contributed by atoms with E-state index in [9.17, 15) is 32.0 Å². The molecule has 0 aliphatic carbocycles. The Balaban J connectivity index is 1.89. The van der Waals surface area contributed by atoms with Crippen LogP contribution in [0.1, 0.15) is 29.2 Å². The average Bonchev–Trinajstić information content (AvgIpc) is 3.32. The van der Waals surface area contributed by atoms with Crippen molar-refractivity contribution in [1.29, 1.82) is 5.26 Å². The van der Waals surface area contributed by atoms with E-state index in [1.165, 1.54) is 6.07 Å². The van der Waals surface area contributed by atoms with E-state index in [1.54, 1.807) is 30.1 Å². The average molecular weight is 548 g/mol. The molecule has 0 amide bonds. The van der Waals surface area contributed by atoms with Gasteiger partial charge in [-0.15, -0.1) is 23.1 Å². The molecule has 0 saturated carbocycles. The van der Waals surface area contributed by atoms with Gasteiger partial charge in [0, 0.05) is 28.3 Å². The van der Waals surface area contributed by atoms with Crippen molar-refractivity contribution in [3.05, 3.63) is 92.9 Å². The molecule has 4 nitrogen and oxygen atoms in total. The maximum absolute atomic E-state index is 14.4. The van der Waals surface area contributed by atoms with Gasteiger partial charge in [0.05, 0.1) is 27.7 Å². The lowest BCUT2D eigenvalue weighted by Gasteiger charge is -2.17. The Hall–Kier alpha value is -3.49. The smallest absolute Gasteiger partial charge is 0.302 e. The van der Waals surface area contributed by atoms with Crippen molar-refractivity contribution in [2.75, 3.05) is 5.75 Å². The third kappa shape index (κ3) is 5.45. The number of thiophene rings is 1. The fraction of sp³-hybridized carbons (Fsp3) is 0.192. The SMILES string of the molecule is CCSc1ncc(-c2ccc(-c3cc(C(F)(F)F)c(C#N)c(=O)n3Cc3ccc(F)cc3F)s2)cc1C. The van der Waals surface area contributed by atoms with Crippen molar-refractivity contribution in [3.8, 4) is 27.1 Å². The lowest BCUT2D eigenvalue weighted by Crippen LogP contribution is -2.28. The lowest BCUT2D eigenvalue weighted by molar-refractivity contribution is -0.137. The Bertz CT molecular complexity index is 1580. The van der Waals surface area contributed by atoms with Crippen LogP contribution in [0.2, 0.25) is 0 Å². The number of aromatic nitrogens is 2. The van der Waals surface area contributed by atoms with Crippen LogP contribution >= 0.6 is 23.1 Å². The zero-order valence-electron chi connectivity index (χ0n) is 19.5. The van der Waals surface area contributed by atoms with Crippen LogP contribution in [0.25, 0.3) is 21.0 Å². The van der Waals surface area contributed by atoms with E-state index in [0.29, 0.717) is 15.8 Å². The molecule has 0 bridgehead atoms. The van der Waals surface area contributed by atoms with Crippen LogP contribution in [-0.2, 0) is 12.7 Å². The second-order valence-corrected chi connectivity index (χ2v) is 10.3. The summed E-state index contributed by atoms with van der Waals surface area (Å²) in [5.41, 5.74) is -2.26. The number of alkyl halides is 3. The van der Waals surface area contributed by atoms with E-state index in [0.717, 1.165) is 56.0 Å². The van der Waals surface area contributed by atoms with E-state index >= 15 is 0 Å². The Morgan fingerprint density at radius 2 is 1.84 bits per heavy atom. The van der Waals surface area contributed by atoms with E-state index < -0.39 is 41.0 Å². The van der Waals surface area contributed by atoms with Crippen molar-refractivity contribution >= 4 is 23.1 Å². The molecule has 0 N–H and O–H groups in total. The summed E-state index contributed by atoms with van der Waals surface area (Å²) >= 11 is 2.72. The van der Waals surface area contributed by atoms with Gasteiger partial charge in [0.1, 0.15) is 23.3 Å². The fourth-order valence-electron chi connectivity index (χ4n) is 3.77. The van der Waals surface area contributed by atoms with Crippen LogP contribution in [0, 0.1) is 29.9 Å². The number of thioether (sulfide) groups is 1. The number of aryl methyl sites for hydroxylation is 1. The van der Waals surface area contributed by atoms with Gasteiger partial charge in [0.25, 0.3) is 5.56 Å². The number of hydrogen-bond acceptors (Lipinski definition) is 5. The first kappa shape index (κ1) is 26.6.